The van der Waals surface area contributed by atoms with Gasteiger partial charge in [0.2, 0.25) is 0 Å². The monoisotopic (exact) mass is 195 g/mol. The van der Waals surface area contributed by atoms with Crippen LogP contribution in [-0.2, 0) is 0 Å². The van der Waals surface area contributed by atoms with Gasteiger partial charge in [0.1, 0.15) is 11.6 Å². The lowest BCUT2D eigenvalue weighted by molar-refractivity contribution is 0.298. The van der Waals surface area contributed by atoms with Crippen molar-refractivity contribution in [2.75, 3.05) is 18.1 Å². The molecule has 0 aliphatic carbocycles. The number of hydrogen-bond donors (Lipinski definition) is 1. The van der Waals surface area contributed by atoms with E-state index in [2.05, 4.69) is 28.7 Å². The van der Waals surface area contributed by atoms with E-state index in [1.807, 2.05) is 13.0 Å². The van der Waals surface area contributed by atoms with Crippen LogP contribution in [-0.4, -0.2) is 34.3 Å². The fourth-order valence-corrected chi connectivity index (χ4v) is 1.35. The van der Waals surface area contributed by atoms with E-state index in [-0.39, 0.29) is 6.61 Å². The molecule has 4 heteroatoms. The fourth-order valence-electron chi connectivity index (χ4n) is 1.35. The molecule has 0 aliphatic heterocycles. The summed E-state index contributed by atoms with van der Waals surface area (Å²) < 4.78 is 0. The van der Waals surface area contributed by atoms with E-state index in [0.717, 1.165) is 11.6 Å². The van der Waals surface area contributed by atoms with Gasteiger partial charge < -0.3 is 10.0 Å². The van der Waals surface area contributed by atoms with Gasteiger partial charge in [-0.05, 0) is 26.8 Å². The lowest BCUT2D eigenvalue weighted by Gasteiger charge is -2.26. The van der Waals surface area contributed by atoms with Crippen molar-refractivity contribution in [1.29, 1.82) is 0 Å². The summed E-state index contributed by atoms with van der Waals surface area (Å²) in [5.74, 6) is 1.63. The van der Waals surface area contributed by atoms with Crippen molar-refractivity contribution in [2.24, 2.45) is 0 Å². The van der Waals surface area contributed by atoms with Crippen LogP contribution in [0.5, 0.6) is 0 Å². The molecule has 78 valence electrons. The van der Waals surface area contributed by atoms with E-state index in [1.165, 1.54) is 0 Å². The van der Waals surface area contributed by atoms with Crippen LogP contribution in [0.3, 0.4) is 0 Å². The predicted octanol–water partition coefficient (Wildman–Crippen LogP) is 0.992. The highest BCUT2D eigenvalue weighted by Gasteiger charge is 2.10. The van der Waals surface area contributed by atoms with E-state index < -0.39 is 0 Å². The molecule has 1 rings (SSSR count). The molecule has 0 radical (unpaired) electrons. The maximum Gasteiger partial charge on any atom is 0.132 e. The molecule has 0 amide bonds. The molecule has 1 aromatic rings. The molecule has 1 heterocycles. The second-order valence-electron chi connectivity index (χ2n) is 3.47. The summed E-state index contributed by atoms with van der Waals surface area (Å²) in [4.78, 5) is 10.4. The first-order valence-corrected chi connectivity index (χ1v) is 4.82. The van der Waals surface area contributed by atoms with Crippen LogP contribution in [0, 0.1) is 6.92 Å². The number of rotatable bonds is 4. The lowest BCUT2D eigenvalue weighted by atomic mass is 10.3. The summed E-state index contributed by atoms with van der Waals surface area (Å²) in [7, 11) is 0. The summed E-state index contributed by atoms with van der Waals surface area (Å²) in [5, 5.41) is 8.93. The van der Waals surface area contributed by atoms with Crippen molar-refractivity contribution in [2.45, 2.75) is 26.8 Å². The third-order valence-corrected chi connectivity index (χ3v) is 2.02. The van der Waals surface area contributed by atoms with Gasteiger partial charge in [0, 0.05) is 18.8 Å². The number of nitrogens with zero attached hydrogens (tertiary/aromatic N) is 3. The number of aliphatic hydroxyl groups excluding tert-OH is 1. The van der Waals surface area contributed by atoms with Crippen molar-refractivity contribution in [3.8, 4) is 0 Å². The Kier molecular flexibility index (Phi) is 3.83. The Morgan fingerprint density at radius 2 is 2.21 bits per heavy atom. The van der Waals surface area contributed by atoms with E-state index >= 15 is 0 Å². The summed E-state index contributed by atoms with van der Waals surface area (Å²) in [5.41, 5.74) is 0. The zero-order chi connectivity index (χ0) is 10.6. The average molecular weight is 195 g/mol. The van der Waals surface area contributed by atoms with Crippen LogP contribution >= 0.6 is 0 Å². The Bertz CT molecular complexity index is 288. The zero-order valence-electron chi connectivity index (χ0n) is 8.94. The second kappa shape index (κ2) is 4.91. The van der Waals surface area contributed by atoms with Gasteiger partial charge in [-0.3, -0.25) is 0 Å². The summed E-state index contributed by atoms with van der Waals surface area (Å²) >= 11 is 0. The minimum absolute atomic E-state index is 0.140. The third kappa shape index (κ3) is 2.67. The van der Waals surface area contributed by atoms with Crippen LogP contribution in [0.25, 0.3) is 0 Å². The number of aromatic nitrogens is 2. The first-order chi connectivity index (χ1) is 6.65. The average Bonchev–Trinajstić information content (AvgIpc) is 2.13. The molecule has 0 aliphatic rings. The van der Waals surface area contributed by atoms with Crippen LogP contribution in [0.15, 0.2) is 12.3 Å². The van der Waals surface area contributed by atoms with Crippen LogP contribution in [0.4, 0.5) is 5.82 Å². The maximum atomic E-state index is 8.93. The molecule has 0 saturated carbocycles. The normalized spacial score (nSPS) is 10.6. The highest BCUT2D eigenvalue weighted by Crippen LogP contribution is 2.12. The summed E-state index contributed by atoms with van der Waals surface area (Å²) in [6.45, 7) is 6.76. The van der Waals surface area contributed by atoms with E-state index in [0.29, 0.717) is 12.6 Å². The molecule has 0 unspecified atom stereocenters. The molecule has 1 N–H and O–H groups in total. The molecular formula is C10H17N3O. The molecule has 1 aromatic heterocycles. The summed E-state index contributed by atoms with van der Waals surface area (Å²) in [6.07, 6.45) is 1.74. The molecule has 0 saturated heterocycles. The fraction of sp³-hybridized carbons (Fsp3) is 0.600. The third-order valence-electron chi connectivity index (χ3n) is 2.02. The molecule has 14 heavy (non-hydrogen) atoms. The lowest BCUT2D eigenvalue weighted by Crippen LogP contribution is -2.34. The molecule has 0 bridgehead atoms. The van der Waals surface area contributed by atoms with Crippen molar-refractivity contribution >= 4 is 5.82 Å². The number of hydrogen-bond acceptors (Lipinski definition) is 4. The number of aryl methyl sites for hydroxylation is 1. The zero-order valence-corrected chi connectivity index (χ0v) is 8.94. The van der Waals surface area contributed by atoms with E-state index in [1.54, 1.807) is 6.20 Å². The summed E-state index contributed by atoms with van der Waals surface area (Å²) in [6, 6.07) is 2.19. The Balaban J connectivity index is 2.87. The van der Waals surface area contributed by atoms with Gasteiger partial charge >= 0.3 is 0 Å². The minimum atomic E-state index is 0.140. The topological polar surface area (TPSA) is 49.2 Å². The van der Waals surface area contributed by atoms with E-state index in [4.69, 9.17) is 5.11 Å². The van der Waals surface area contributed by atoms with Gasteiger partial charge in [-0.2, -0.15) is 0 Å². The molecule has 0 aromatic carbocycles. The molecule has 0 atom stereocenters. The number of anilines is 1. The number of aliphatic hydroxyl groups is 1. The molecule has 0 spiro atoms. The van der Waals surface area contributed by atoms with Gasteiger partial charge in [0.25, 0.3) is 0 Å². The van der Waals surface area contributed by atoms with Crippen LogP contribution in [0.1, 0.15) is 19.7 Å². The first-order valence-electron chi connectivity index (χ1n) is 4.82. The molecular weight excluding hydrogens is 178 g/mol. The van der Waals surface area contributed by atoms with Gasteiger partial charge in [-0.1, -0.05) is 0 Å². The highest BCUT2D eigenvalue weighted by atomic mass is 16.3. The van der Waals surface area contributed by atoms with Crippen molar-refractivity contribution in [3.05, 3.63) is 18.1 Å². The van der Waals surface area contributed by atoms with E-state index in [9.17, 15) is 0 Å². The Hall–Kier alpha value is -1.16. The SMILES string of the molecule is Cc1nccc(N(CCO)C(C)C)n1. The van der Waals surface area contributed by atoms with Gasteiger partial charge in [-0.15, -0.1) is 0 Å². The van der Waals surface area contributed by atoms with Crippen LogP contribution in [0.2, 0.25) is 0 Å². The highest BCUT2D eigenvalue weighted by molar-refractivity contribution is 5.38. The van der Waals surface area contributed by atoms with Crippen molar-refractivity contribution < 1.29 is 5.11 Å². The predicted molar refractivity (Wildman–Crippen MR) is 56.3 cm³/mol. The van der Waals surface area contributed by atoms with Crippen LogP contribution < -0.4 is 4.90 Å². The van der Waals surface area contributed by atoms with Gasteiger partial charge in [0.05, 0.1) is 6.61 Å². The van der Waals surface area contributed by atoms with Gasteiger partial charge in [0.15, 0.2) is 0 Å². The smallest absolute Gasteiger partial charge is 0.132 e. The Morgan fingerprint density at radius 1 is 1.50 bits per heavy atom. The standard InChI is InChI=1S/C10H17N3O/c1-8(2)13(6-7-14)10-4-5-11-9(3)12-10/h4-5,8,14H,6-7H2,1-3H3. The largest absolute Gasteiger partial charge is 0.395 e. The van der Waals surface area contributed by atoms with Gasteiger partial charge in [-0.25, -0.2) is 9.97 Å². The maximum absolute atomic E-state index is 8.93. The molecule has 4 nitrogen and oxygen atoms in total. The minimum Gasteiger partial charge on any atom is -0.395 e. The van der Waals surface area contributed by atoms with Crippen molar-refractivity contribution in [1.82, 2.24) is 9.97 Å². The second-order valence-corrected chi connectivity index (χ2v) is 3.47. The Labute approximate surface area is 84.6 Å². The Morgan fingerprint density at radius 3 is 2.71 bits per heavy atom. The quantitative estimate of drug-likeness (QED) is 0.778. The molecule has 0 fully saturated rings. The first kappa shape index (κ1) is 10.9. The van der Waals surface area contributed by atoms with Crippen molar-refractivity contribution in [3.63, 3.8) is 0 Å².